The van der Waals surface area contributed by atoms with Crippen LogP contribution < -0.4 is 9.46 Å². The first-order chi connectivity index (χ1) is 11.2. The fourth-order valence-electron chi connectivity index (χ4n) is 2.77. The fraction of sp³-hybridized carbons (Fsp3) is 0.600. The summed E-state index contributed by atoms with van der Waals surface area (Å²) in [4.78, 5) is 2.02. The molecule has 6 nitrogen and oxygen atoms in total. The largest absolute Gasteiger partial charge is 0.488 e. The average Bonchev–Trinajstić information content (AvgIpc) is 2.45. The molecule has 1 saturated heterocycles. The highest BCUT2D eigenvalue weighted by Gasteiger charge is 2.24. The quantitative estimate of drug-likeness (QED) is 0.733. The van der Waals surface area contributed by atoms with E-state index in [4.69, 9.17) is 27.9 Å². The Morgan fingerprint density at radius 3 is 2.71 bits per heavy atom. The van der Waals surface area contributed by atoms with Crippen molar-refractivity contribution in [1.29, 1.82) is 0 Å². The summed E-state index contributed by atoms with van der Waals surface area (Å²) in [5.41, 5.74) is 0. The van der Waals surface area contributed by atoms with E-state index in [1.165, 1.54) is 0 Å². The molecule has 1 aliphatic rings. The number of likely N-dealkylation sites (tertiary alicyclic amines) is 1. The first-order valence-electron chi connectivity index (χ1n) is 7.69. The smallest absolute Gasteiger partial charge is 0.208 e. The summed E-state index contributed by atoms with van der Waals surface area (Å²) < 4.78 is 30.8. The third kappa shape index (κ3) is 6.38. The standard InChI is InChI=1S/C15H22Cl2N2O4S/c1-24(21,22)18-11-4-3-7-19(8-11)9-12(20)10-23-15-13(16)5-2-6-14(15)17/h2,5-6,11-12,18,20H,3-4,7-10H2,1H3. The number of aliphatic hydroxyl groups excluding tert-OH is 1. The molecule has 0 aromatic heterocycles. The molecule has 2 N–H and O–H groups in total. The van der Waals surface area contributed by atoms with Crippen LogP contribution in [0.3, 0.4) is 0 Å². The number of hydrogen-bond donors (Lipinski definition) is 2. The van der Waals surface area contributed by atoms with Gasteiger partial charge in [-0.3, -0.25) is 4.90 Å². The number of rotatable bonds is 7. The third-order valence-electron chi connectivity index (χ3n) is 3.69. The molecule has 2 unspecified atom stereocenters. The van der Waals surface area contributed by atoms with E-state index in [0.29, 0.717) is 28.9 Å². The van der Waals surface area contributed by atoms with Crippen LogP contribution in [0.1, 0.15) is 12.8 Å². The van der Waals surface area contributed by atoms with Gasteiger partial charge in [0.25, 0.3) is 0 Å². The van der Waals surface area contributed by atoms with E-state index in [-0.39, 0.29) is 12.6 Å². The Balaban J connectivity index is 1.82. The van der Waals surface area contributed by atoms with Gasteiger partial charge in [-0.05, 0) is 31.5 Å². The number of aliphatic hydroxyl groups is 1. The summed E-state index contributed by atoms with van der Waals surface area (Å²) in [6.45, 7) is 1.83. The number of benzene rings is 1. The van der Waals surface area contributed by atoms with Gasteiger partial charge in [0, 0.05) is 19.1 Å². The lowest BCUT2D eigenvalue weighted by molar-refractivity contribution is 0.0578. The Hall–Kier alpha value is -0.570. The monoisotopic (exact) mass is 396 g/mol. The number of β-amino-alcohol motifs (C(OH)–C–C–N with tert-alkyl or cyclic N) is 1. The van der Waals surface area contributed by atoms with Crippen LogP contribution in [0.25, 0.3) is 0 Å². The van der Waals surface area contributed by atoms with Crippen LogP contribution in [-0.2, 0) is 10.0 Å². The first kappa shape index (κ1) is 19.8. The molecule has 0 saturated carbocycles. The number of piperidine rings is 1. The molecular weight excluding hydrogens is 375 g/mol. The van der Waals surface area contributed by atoms with E-state index < -0.39 is 16.1 Å². The molecule has 0 aliphatic carbocycles. The number of nitrogens with one attached hydrogen (secondary N) is 1. The highest BCUT2D eigenvalue weighted by atomic mass is 35.5. The highest BCUT2D eigenvalue weighted by molar-refractivity contribution is 7.88. The molecule has 2 rings (SSSR count). The molecule has 2 atom stereocenters. The zero-order chi connectivity index (χ0) is 17.7. The van der Waals surface area contributed by atoms with Gasteiger partial charge in [0.1, 0.15) is 12.7 Å². The maximum absolute atomic E-state index is 11.3. The summed E-state index contributed by atoms with van der Waals surface area (Å²) in [5, 5.41) is 11.0. The van der Waals surface area contributed by atoms with Crippen molar-refractivity contribution in [1.82, 2.24) is 9.62 Å². The van der Waals surface area contributed by atoms with Crippen molar-refractivity contribution in [2.45, 2.75) is 25.0 Å². The maximum Gasteiger partial charge on any atom is 0.208 e. The molecule has 0 radical (unpaired) electrons. The second-order valence-corrected chi connectivity index (χ2v) is 8.60. The van der Waals surface area contributed by atoms with Crippen LogP contribution in [-0.4, -0.2) is 63.1 Å². The average molecular weight is 397 g/mol. The number of ether oxygens (including phenoxy) is 1. The molecule has 1 heterocycles. The van der Waals surface area contributed by atoms with Gasteiger partial charge in [-0.25, -0.2) is 13.1 Å². The molecule has 1 fully saturated rings. The van der Waals surface area contributed by atoms with Crippen LogP contribution in [0.2, 0.25) is 10.0 Å². The van der Waals surface area contributed by atoms with Crippen LogP contribution in [0, 0.1) is 0 Å². The predicted octanol–water partition coefficient (Wildman–Crippen LogP) is 1.75. The van der Waals surface area contributed by atoms with Crippen LogP contribution >= 0.6 is 23.2 Å². The van der Waals surface area contributed by atoms with Crippen LogP contribution in [0.5, 0.6) is 5.75 Å². The minimum Gasteiger partial charge on any atom is -0.488 e. The van der Waals surface area contributed by atoms with E-state index in [0.717, 1.165) is 25.6 Å². The zero-order valence-electron chi connectivity index (χ0n) is 13.4. The normalized spacial score (nSPS) is 20.8. The van der Waals surface area contributed by atoms with Gasteiger partial charge >= 0.3 is 0 Å². The van der Waals surface area contributed by atoms with Crippen molar-refractivity contribution in [3.05, 3.63) is 28.2 Å². The van der Waals surface area contributed by atoms with E-state index in [1.54, 1.807) is 18.2 Å². The minimum absolute atomic E-state index is 0.0596. The van der Waals surface area contributed by atoms with E-state index >= 15 is 0 Å². The van der Waals surface area contributed by atoms with Gasteiger partial charge in [0.2, 0.25) is 10.0 Å². The molecule has 1 aromatic carbocycles. The SMILES string of the molecule is CS(=O)(=O)NC1CCCN(CC(O)COc2c(Cl)cccc2Cl)C1. The van der Waals surface area contributed by atoms with Gasteiger partial charge in [-0.15, -0.1) is 0 Å². The van der Waals surface area contributed by atoms with E-state index in [1.807, 2.05) is 4.90 Å². The number of halogens is 2. The molecule has 1 aromatic rings. The first-order valence-corrected chi connectivity index (χ1v) is 10.3. The second-order valence-electron chi connectivity index (χ2n) is 6.00. The summed E-state index contributed by atoms with van der Waals surface area (Å²) in [5.74, 6) is 0.357. The number of para-hydroxylation sites is 1. The Morgan fingerprint density at radius 2 is 2.08 bits per heavy atom. The lowest BCUT2D eigenvalue weighted by Crippen LogP contribution is -2.49. The summed E-state index contributed by atoms with van der Waals surface area (Å²) in [6, 6.07) is 4.93. The molecular formula is C15H22Cl2N2O4S. The summed E-state index contributed by atoms with van der Waals surface area (Å²) in [7, 11) is -3.22. The molecule has 0 bridgehead atoms. The van der Waals surface area contributed by atoms with Crippen molar-refractivity contribution >= 4 is 33.2 Å². The van der Waals surface area contributed by atoms with E-state index in [2.05, 4.69) is 4.72 Å². The van der Waals surface area contributed by atoms with Gasteiger partial charge in [0.05, 0.1) is 16.3 Å². The Kier molecular flexibility index (Phi) is 7.15. The van der Waals surface area contributed by atoms with Crippen molar-refractivity contribution < 1.29 is 18.3 Å². The number of nitrogens with zero attached hydrogens (tertiary/aromatic N) is 1. The number of sulfonamides is 1. The Bertz CT molecular complexity index is 637. The van der Waals surface area contributed by atoms with E-state index in [9.17, 15) is 13.5 Å². The molecule has 136 valence electrons. The molecule has 24 heavy (non-hydrogen) atoms. The molecule has 9 heteroatoms. The second kappa shape index (κ2) is 8.69. The van der Waals surface area contributed by atoms with Crippen molar-refractivity contribution in [3.63, 3.8) is 0 Å². The van der Waals surface area contributed by atoms with Crippen LogP contribution in [0.15, 0.2) is 18.2 Å². The fourth-order valence-corrected chi connectivity index (χ4v) is 4.08. The Morgan fingerprint density at radius 1 is 1.42 bits per heavy atom. The topological polar surface area (TPSA) is 78.9 Å². The summed E-state index contributed by atoms with van der Waals surface area (Å²) in [6.07, 6.45) is 2.10. The third-order valence-corrected chi connectivity index (χ3v) is 5.05. The lowest BCUT2D eigenvalue weighted by Gasteiger charge is -2.33. The minimum atomic E-state index is -3.22. The van der Waals surface area contributed by atoms with Crippen LogP contribution in [0.4, 0.5) is 0 Å². The van der Waals surface area contributed by atoms with Gasteiger partial charge in [-0.1, -0.05) is 29.3 Å². The van der Waals surface area contributed by atoms with Gasteiger partial charge in [0.15, 0.2) is 5.75 Å². The van der Waals surface area contributed by atoms with Crippen molar-refractivity contribution in [2.24, 2.45) is 0 Å². The van der Waals surface area contributed by atoms with Crippen molar-refractivity contribution in [2.75, 3.05) is 32.5 Å². The molecule has 1 aliphatic heterocycles. The molecule has 0 amide bonds. The zero-order valence-corrected chi connectivity index (χ0v) is 15.7. The Labute approximate surface area is 152 Å². The summed E-state index contributed by atoms with van der Waals surface area (Å²) >= 11 is 12.0. The maximum atomic E-state index is 11.3. The van der Waals surface area contributed by atoms with Crippen molar-refractivity contribution in [3.8, 4) is 5.75 Å². The lowest BCUT2D eigenvalue weighted by atomic mass is 10.1. The number of hydrogen-bond acceptors (Lipinski definition) is 5. The predicted molar refractivity (Wildman–Crippen MR) is 95.4 cm³/mol. The van der Waals surface area contributed by atoms with Gasteiger partial charge in [-0.2, -0.15) is 0 Å². The molecule has 0 spiro atoms. The highest BCUT2D eigenvalue weighted by Crippen LogP contribution is 2.32. The van der Waals surface area contributed by atoms with Gasteiger partial charge < -0.3 is 9.84 Å².